The van der Waals surface area contributed by atoms with Gasteiger partial charge in [-0.3, -0.25) is 4.79 Å². The van der Waals surface area contributed by atoms with E-state index in [-0.39, 0.29) is 11.9 Å². The van der Waals surface area contributed by atoms with E-state index in [2.05, 4.69) is 26.6 Å². The van der Waals surface area contributed by atoms with E-state index in [4.69, 9.17) is 4.74 Å². The van der Waals surface area contributed by atoms with Crippen molar-refractivity contribution in [2.75, 3.05) is 20.2 Å². The lowest BCUT2D eigenvalue weighted by Gasteiger charge is -2.12. The molecule has 0 aliphatic rings. The van der Waals surface area contributed by atoms with Crippen LogP contribution in [0.4, 0.5) is 0 Å². The van der Waals surface area contributed by atoms with E-state index >= 15 is 0 Å². The van der Waals surface area contributed by atoms with Crippen LogP contribution in [0.3, 0.4) is 0 Å². The molecule has 94 valence electrons. The second-order valence-electron chi connectivity index (χ2n) is 3.59. The first-order chi connectivity index (χ1) is 8.13. The molecule has 0 radical (unpaired) electrons. The molecule has 1 aromatic rings. The first-order valence-corrected chi connectivity index (χ1v) is 6.26. The number of ether oxygens (including phenoxy) is 1. The molecule has 0 spiro atoms. The number of hydrogen-bond acceptors (Lipinski definition) is 3. The van der Waals surface area contributed by atoms with Gasteiger partial charge in [-0.15, -0.1) is 0 Å². The zero-order valence-corrected chi connectivity index (χ0v) is 11.6. The third-order valence-corrected chi connectivity index (χ3v) is 2.80. The number of nitrogens with one attached hydrogen (secondary N) is 2. The van der Waals surface area contributed by atoms with Gasteiger partial charge >= 0.3 is 0 Å². The summed E-state index contributed by atoms with van der Waals surface area (Å²) in [5.74, 6) is 0.802. The third-order valence-electron chi connectivity index (χ3n) is 2.27. The molecular formula is C12H17BrN2O2. The first-order valence-electron chi connectivity index (χ1n) is 5.47. The molecule has 0 bridgehead atoms. The van der Waals surface area contributed by atoms with Gasteiger partial charge in [-0.05, 0) is 31.2 Å². The molecule has 1 aromatic carbocycles. The van der Waals surface area contributed by atoms with Crippen molar-refractivity contribution in [2.45, 2.75) is 13.0 Å². The molecule has 0 saturated heterocycles. The summed E-state index contributed by atoms with van der Waals surface area (Å²) in [4.78, 5) is 11.2. The SMILES string of the molecule is CNC(=O)C(C)NCCOc1ccc(Br)cc1. The van der Waals surface area contributed by atoms with Crippen LogP contribution in [0.25, 0.3) is 0 Å². The Morgan fingerprint density at radius 3 is 2.65 bits per heavy atom. The summed E-state index contributed by atoms with van der Waals surface area (Å²) >= 11 is 3.36. The quantitative estimate of drug-likeness (QED) is 0.784. The van der Waals surface area contributed by atoms with E-state index in [1.807, 2.05) is 31.2 Å². The van der Waals surface area contributed by atoms with Crippen molar-refractivity contribution in [2.24, 2.45) is 0 Å². The topological polar surface area (TPSA) is 50.4 Å². The smallest absolute Gasteiger partial charge is 0.236 e. The van der Waals surface area contributed by atoms with Crippen LogP contribution in [-0.2, 0) is 4.79 Å². The van der Waals surface area contributed by atoms with E-state index in [0.29, 0.717) is 13.2 Å². The van der Waals surface area contributed by atoms with Crippen molar-refractivity contribution in [1.82, 2.24) is 10.6 Å². The molecule has 4 nitrogen and oxygen atoms in total. The largest absolute Gasteiger partial charge is 0.492 e. The molecule has 0 heterocycles. The number of benzene rings is 1. The van der Waals surface area contributed by atoms with Crippen LogP contribution in [0.5, 0.6) is 5.75 Å². The minimum absolute atomic E-state index is 0.0198. The molecule has 0 aliphatic heterocycles. The molecule has 0 saturated carbocycles. The van der Waals surface area contributed by atoms with Gasteiger partial charge in [0.25, 0.3) is 0 Å². The van der Waals surface area contributed by atoms with E-state index in [9.17, 15) is 4.79 Å². The summed E-state index contributed by atoms with van der Waals surface area (Å²) in [7, 11) is 1.62. The van der Waals surface area contributed by atoms with Gasteiger partial charge in [0, 0.05) is 18.1 Å². The Balaban J connectivity index is 2.20. The Morgan fingerprint density at radius 2 is 2.06 bits per heavy atom. The maximum atomic E-state index is 11.2. The van der Waals surface area contributed by atoms with Crippen LogP contribution in [0.15, 0.2) is 28.7 Å². The summed E-state index contributed by atoms with van der Waals surface area (Å²) in [6, 6.07) is 7.44. The van der Waals surface area contributed by atoms with Crippen LogP contribution >= 0.6 is 15.9 Å². The molecule has 0 fully saturated rings. The second kappa shape index (κ2) is 7.29. The van der Waals surface area contributed by atoms with Gasteiger partial charge in [0.15, 0.2) is 0 Å². The van der Waals surface area contributed by atoms with Gasteiger partial charge in [-0.2, -0.15) is 0 Å². The van der Waals surface area contributed by atoms with Gasteiger partial charge in [0.2, 0.25) is 5.91 Å². The van der Waals surface area contributed by atoms with Gasteiger partial charge in [0.1, 0.15) is 12.4 Å². The summed E-state index contributed by atoms with van der Waals surface area (Å²) in [6.45, 7) is 2.98. The number of likely N-dealkylation sites (N-methyl/N-ethyl adjacent to an activating group) is 1. The first kappa shape index (κ1) is 14.0. The Morgan fingerprint density at radius 1 is 1.41 bits per heavy atom. The van der Waals surface area contributed by atoms with Crippen molar-refractivity contribution in [3.05, 3.63) is 28.7 Å². The molecule has 1 unspecified atom stereocenters. The van der Waals surface area contributed by atoms with E-state index in [1.54, 1.807) is 7.05 Å². The molecule has 1 amide bonds. The third kappa shape index (κ3) is 5.19. The summed E-state index contributed by atoms with van der Waals surface area (Å²) < 4.78 is 6.53. The van der Waals surface area contributed by atoms with Crippen LogP contribution < -0.4 is 15.4 Å². The van der Waals surface area contributed by atoms with Gasteiger partial charge in [-0.25, -0.2) is 0 Å². The van der Waals surface area contributed by atoms with Crippen LogP contribution in [0, 0.1) is 0 Å². The lowest BCUT2D eigenvalue weighted by molar-refractivity contribution is -0.122. The Kier molecular flexibility index (Phi) is 6.00. The Hall–Kier alpha value is -1.07. The van der Waals surface area contributed by atoms with Gasteiger partial charge < -0.3 is 15.4 Å². The molecular weight excluding hydrogens is 284 g/mol. The molecule has 1 atom stereocenters. The van der Waals surface area contributed by atoms with Crippen LogP contribution in [-0.4, -0.2) is 32.1 Å². The lowest BCUT2D eigenvalue weighted by atomic mass is 10.3. The Bertz CT molecular complexity index is 354. The highest BCUT2D eigenvalue weighted by molar-refractivity contribution is 9.10. The molecule has 17 heavy (non-hydrogen) atoms. The van der Waals surface area contributed by atoms with Crippen LogP contribution in [0.1, 0.15) is 6.92 Å². The molecule has 2 N–H and O–H groups in total. The number of carbonyl (C=O) groups is 1. The predicted molar refractivity (Wildman–Crippen MR) is 71.2 cm³/mol. The highest BCUT2D eigenvalue weighted by Gasteiger charge is 2.08. The minimum Gasteiger partial charge on any atom is -0.492 e. The van der Waals surface area contributed by atoms with E-state index < -0.39 is 0 Å². The van der Waals surface area contributed by atoms with Crippen molar-refractivity contribution in [3.63, 3.8) is 0 Å². The van der Waals surface area contributed by atoms with Crippen LogP contribution in [0.2, 0.25) is 0 Å². The fourth-order valence-corrected chi connectivity index (χ4v) is 1.55. The average Bonchev–Trinajstić information content (AvgIpc) is 2.35. The summed E-state index contributed by atoms with van der Waals surface area (Å²) in [6.07, 6.45) is 0. The summed E-state index contributed by atoms with van der Waals surface area (Å²) in [5.41, 5.74) is 0. The zero-order chi connectivity index (χ0) is 12.7. The molecule has 5 heteroatoms. The van der Waals surface area contributed by atoms with Crippen molar-refractivity contribution in [3.8, 4) is 5.75 Å². The lowest BCUT2D eigenvalue weighted by Crippen LogP contribution is -2.42. The van der Waals surface area contributed by atoms with E-state index in [0.717, 1.165) is 10.2 Å². The van der Waals surface area contributed by atoms with Gasteiger partial charge in [-0.1, -0.05) is 15.9 Å². The maximum absolute atomic E-state index is 11.2. The number of rotatable bonds is 6. The maximum Gasteiger partial charge on any atom is 0.236 e. The highest BCUT2D eigenvalue weighted by Crippen LogP contribution is 2.15. The van der Waals surface area contributed by atoms with Crippen molar-refractivity contribution >= 4 is 21.8 Å². The molecule has 0 aromatic heterocycles. The molecule has 0 aliphatic carbocycles. The minimum atomic E-state index is -0.200. The number of amides is 1. The summed E-state index contributed by atoms with van der Waals surface area (Å²) in [5, 5.41) is 5.65. The standard InChI is InChI=1S/C12H17BrN2O2/c1-9(12(16)14-2)15-7-8-17-11-5-3-10(13)4-6-11/h3-6,9,15H,7-8H2,1-2H3,(H,14,16). The Labute approximate surface area is 110 Å². The fourth-order valence-electron chi connectivity index (χ4n) is 1.28. The normalized spacial score (nSPS) is 11.9. The number of carbonyl (C=O) groups excluding carboxylic acids is 1. The van der Waals surface area contributed by atoms with Crippen molar-refractivity contribution in [1.29, 1.82) is 0 Å². The van der Waals surface area contributed by atoms with Gasteiger partial charge in [0.05, 0.1) is 6.04 Å². The zero-order valence-electron chi connectivity index (χ0n) is 10.00. The predicted octanol–water partition coefficient (Wildman–Crippen LogP) is 1.55. The highest BCUT2D eigenvalue weighted by atomic mass is 79.9. The second-order valence-corrected chi connectivity index (χ2v) is 4.51. The monoisotopic (exact) mass is 300 g/mol. The average molecular weight is 301 g/mol. The fraction of sp³-hybridized carbons (Fsp3) is 0.417. The number of hydrogen-bond donors (Lipinski definition) is 2. The molecule has 1 rings (SSSR count). The van der Waals surface area contributed by atoms with Crippen molar-refractivity contribution < 1.29 is 9.53 Å². The number of halogens is 1. The van der Waals surface area contributed by atoms with E-state index in [1.165, 1.54) is 0 Å².